The largest absolute Gasteiger partial charge is 0.456 e. The van der Waals surface area contributed by atoms with Crippen molar-refractivity contribution in [1.82, 2.24) is 10.2 Å². The summed E-state index contributed by atoms with van der Waals surface area (Å²) in [5.74, 6) is 0.861. The van der Waals surface area contributed by atoms with Crippen molar-refractivity contribution in [3.63, 3.8) is 0 Å². The van der Waals surface area contributed by atoms with E-state index in [4.69, 9.17) is 20.8 Å². The van der Waals surface area contributed by atoms with Gasteiger partial charge in [0.1, 0.15) is 0 Å². The van der Waals surface area contributed by atoms with Crippen LogP contribution in [0.1, 0.15) is 38.0 Å². The molecule has 0 N–H and O–H groups in total. The highest BCUT2D eigenvalue weighted by Gasteiger charge is 2.20. The molecule has 1 aromatic carbocycles. The van der Waals surface area contributed by atoms with E-state index in [0.717, 1.165) is 12.8 Å². The topological polar surface area (TPSA) is 65.2 Å². The standard InChI is InChI=1S/C16H17ClN2O3/c17-13-8-4-3-7-12(13)16-19-18-14(22-16)10-21-15(20)9-11-5-1-2-6-11/h3-4,7-8,11H,1-2,5-6,9-10H2. The van der Waals surface area contributed by atoms with Gasteiger partial charge in [-0.2, -0.15) is 0 Å². The van der Waals surface area contributed by atoms with Gasteiger partial charge in [-0.05, 0) is 30.9 Å². The lowest BCUT2D eigenvalue weighted by atomic mass is 10.1. The highest BCUT2D eigenvalue weighted by atomic mass is 35.5. The molecule has 0 radical (unpaired) electrons. The van der Waals surface area contributed by atoms with Crippen molar-refractivity contribution < 1.29 is 13.9 Å². The third kappa shape index (κ3) is 3.65. The first-order valence-electron chi connectivity index (χ1n) is 7.45. The molecular formula is C16H17ClN2O3. The summed E-state index contributed by atoms with van der Waals surface area (Å²) in [4.78, 5) is 11.8. The Hall–Kier alpha value is -1.88. The van der Waals surface area contributed by atoms with Gasteiger partial charge in [0.15, 0.2) is 6.61 Å². The number of esters is 1. The van der Waals surface area contributed by atoms with Gasteiger partial charge in [-0.3, -0.25) is 4.79 Å². The molecule has 1 aromatic heterocycles. The minimum Gasteiger partial charge on any atom is -0.456 e. The third-order valence-corrected chi connectivity index (χ3v) is 4.19. The van der Waals surface area contributed by atoms with Gasteiger partial charge in [-0.1, -0.05) is 36.6 Å². The number of nitrogens with zero attached hydrogens (tertiary/aromatic N) is 2. The van der Waals surface area contributed by atoms with Gasteiger partial charge in [0.25, 0.3) is 5.89 Å². The van der Waals surface area contributed by atoms with Crippen LogP contribution in [0.2, 0.25) is 5.02 Å². The molecule has 2 aromatic rings. The van der Waals surface area contributed by atoms with Crippen LogP contribution in [-0.2, 0) is 16.1 Å². The Morgan fingerprint density at radius 2 is 2.05 bits per heavy atom. The second-order valence-corrected chi connectivity index (χ2v) is 5.90. The summed E-state index contributed by atoms with van der Waals surface area (Å²) < 4.78 is 10.7. The fourth-order valence-electron chi connectivity index (χ4n) is 2.71. The van der Waals surface area contributed by atoms with Gasteiger partial charge in [0, 0.05) is 6.42 Å². The van der Waals surface area contributed by atoms with Gasteiger partial charge < -0.3 is 9.15 Å². The van der Waals surface area contributed by atoms with Crippen molar-refractivity contribution in [1.29, 1.82) is 0 Å². The summed E-state index contributed by atoms with van der Waals surface area (Å²) in [6.07, 6.45) is 5.13. The summed E-state index contributed by atoms with van der Waals surface area (Å²) in [7, 11) is 0. The summed E-state index contributed by atoms with van der Waals surface area (Å²) >= 11 is 6.08. The van der Waals surface area contributed by atoms with E-state index in [-0.39, 0.29) is 18.5 Å². The van der Waals surface area contributed by atoms with Gasteiger partial charge in [0.05, 0.1) is 10.6 Å². The molecule has 0 saturated heterocycles. The van der Waals surface area contributed by atoms with Crippen molar-refractivity contribution in [2.75, 3.05) is 0 Å². The summed E-state index contributed by atoms with van der Waals surface area (Å²) in [5.41, 5.74) is 0.667. The average molecular weight is 321 g/mol. The lowest BCUT2D eigenvalue weighted by Crippen LogP contribution is -2.09. The van der Waals surface area contributed by atoms with E-state index in [1.54, 1.807) is 12.1 Å². The molecule has 3 rings (SSSR count). The number of rotatable bonds is 5. The van der Waals surface area contributed by atoms with Crippen LogP contribution in [0.5, 0.6) is 0 Å². The van der Waals surface area contributed by atoms with Crippen LogP contribution in [0.4, 0.5) is 0 Å². The maximum absolute atomic E-state index is 11.8. The SMILES string of the molecule is O=C(CC1CCCC1)OCc1nnc(-c2ccccc2Cl)o1. The van der Waals surface area contributed by atoms with Crippen molar-refractivity contribution in [3.8, 4) is 11.5 Å². The number of carbonyl (C=O) groups is 1. The molecule has 116 valence electrons. The molecule has 5 nitrogen and oxygen atoms in total. The number of hydrogen-bond acceptors (Lipinski definition) is 5. The van der Waals surface area contributed by atoms with Crippen LogP contribution in [0.25, 0.3) is 11.5 Å². The number of benzene rings is 1. The Morgan fingerprint density at radius 1 is 1.27 bits per heavy atom. The second-order valence-electron chi connectivity index (χ2n) is 5.50. The molecule has 1 saturated carbocycles. The first-order valence-corrected chi connectivity index (χ1v) is 7.83. The van der Waals surface area contributed by atoms with Crippen LogP contribution in [0.15, 0.2) is 28.7 Å². The number of halogens is 1. The lowest BCUT2D eigenvalue weighted by Gasteiger charge is -2.07. The smallest absolute Gasteiger partial charge is 0.306 e. The van der Waals surface area contributed by atoms with Crippen LogP contribution in [-0.4, -0.2) is 16.2 Å². The van der Waals surface area contributed by atoms with Gasteiger partial charge in [-0.15, -0.1) is 10.2 Å². The molecule has 0 amide bonds. The highest BCUT2D eigenvalue weighted by molar-refractivity contribution is 6.33. The van der Waals surface area contributed by atoms with Crippen molar-refractivity contribution in [2.45, 2.75) is 38.7 Å². The Morgan fingerprint density at radius 3 is 2.82 bits per heavy atom. The summed E-state index contributed by atoms with van der Waals surface area (Å²) in [6, 6.07) is 7.22. The molecule has 6 heteroatoms. The molecule has 1 aliphatic rings. The number of carbonyl (C=O) groups excluding carboxylic acids is 1. The predicted molar refractivity (Wildman–Crippen MR) is 81.1 cm³/mol. The first kappa shape index (κ1) is 15.0. The van der Waals surface area contributed by atoms with Crippen LogP contribution < -0.4 is 0 Å². The van der Waals surface area contributed by atoms with Crippen LogP contribution >= 0.6 is 11.6 Å². The predicted octanol–water partition coefficient (Wildman–Crippen LogP) is 4.01. The molecule has 0 bridgehead atoms. The fourth-order valence-corrected chi connectivity index (χ4v) is 2.92. The third-order valence-electron chi connectivity index (χ3n) is 3.86. The van der Waals surface area contributed by atoms with E-state index in [0.29, 0.717) is 28.8 Å². The molecule has 0 spiro atoms. The van der Waals surface area contributed by atoms with E-state index in [1.807, 2.05) is 12.1 Å². The quantitative estimate of drug-likeness (QED) is 0.779. The van der Waals surface area contributed by atoms with Gasteiger partial charge in [0.2, 0.25) is 5.89 Å². The first-order chi connectivity index (χ1) is 10.7. The Bertz CT molecular complexity index is 650. The Balaban J connectivity index is 1.55. The van der Waals surface area contributed by atoms with E-state index >= 15 is 0 Å². The zero-order valence-corrected chi connectivity index (χ0v) is 12.9. The summed E-state index contributed by atoms with van der Waals surface area (Å²) in [5, 5.41) is 8.36. The monoisotopic (exact) mass is 320 g/mol. The zero-order chi connectivity index (χ0) is 15.4. The van der Waals surface area contributed by atoms with Gasteiger partial charge >= 0.3 is 5.97 Å². The molecule has 0 atom stereocenters. The number of aromatic nitrogens is 2. The molecule has 22 heavy (non-hydrogen) atoms. The molecule has 1 fully saturated rings. The van der Waals surface area contributed by atoms with Crippen molar-refractivity contribution in [3.05, 3.63) is 35.2 Å². The fraction of sp³-hybridized carbons (Fsp3) is 0.438. The zero-order valence-electron chi connectivity index (χ0n) is 12.1. The molecular weight excluding hydrogens is 304 g/mol. The van der Waals surface area contributed by atoms with Crippen molar-refractivity contribution in [2.24, 2.45) is 5.92 Å². The number of hydrogen-bond donors (Lipinski definition) is 0. The molecule has 1 heterocycles. The van der Waals surface area contributed by atoms with Gasteiger partial charge in [-0.25, -0.2) is 0 Å². The lowest BCUT2D eigenvalue weighted by molar-refractivity contribution is -0.146. The Kier molecular flexibility index (Phi) is 4.73. The second kappa shape index (κ2) is 6.92. The number of ether oxygens (including phenoxy) is 1. The summed E-state index contributed by atoms with van der Waals surface area (Å²) in [6.45, 7) is 0.00298. The molecule has 1 aliphatic carbocycles. The average Bonchev–Trinajstić information content (AvgIpc) is 3.17. The van der Waals surface area contributed by atoms with Crippen molar-refractivity contribution >= 4 is 17.6 Å². The highest BCUT2D eigenvalue weighted by Crippen LogP contribution is 2.28. The Labute approximate surface area is 133 Å². The minimum absolute atomic E-state index is 0.00298. The normalized spacial score (nSPS) is 15.1. The van der Waals surface area contributed by atoms with E-state index in [1.165, 1.54) is 12.8 Å². The van der Waals surface area contributed by atoms with E-state index in [2.05, 4.69) is 10.2 Å². The maximum Gasteiger partial charge on any atom is 0.306 e. The maximum atomic E-state index is 11.8. The van der Waals surface area contributed by atoms with Crippen LogP contribution in [0, 0.1) is 5.92 Å². The molecule has 0 aliphatic heterocycles. The molecule has 0 unspecified atom stereocenters. The van der Waals surface area contributed by atoms with E-state index < -0.39 is 0 Å². The minimum atomic E-state index is -0.204. The van der Waals surface area contributed by atoms with E-state index in [9.17, 15) is 4.79 Å². The van der Waals surface area contributed by atoms with Crippen LogP contribution in [0.3, 0.4) is 0 Å².